The maximum atomic E-state index is 11.3. The highest BCUT2D eigenvalue weighted by Crippen LogP contribution is 2.16. The fourth-order valence-corrected chi connectivity index (χ4v) is 1.89. The van der Waals surface area contributed by atoms with E-state index in [9.17, 15) is 9.90 Å². The molecule has 3 rings (SSSR count). The van der Waals surface area contributed by atoms with Gasteiger partial charge in [0.15, 0.2) is 0 Å². The molecule has 0 unspecified atom stereocenters. The van der Waals surface area contributed by atoms with Gasteiger partial charge in [-0.25, -0.2) is 4.79 Å². The van der Waals surface area contributed by atoms with Crippen LogP contribution in [0.25, 0.3) is 17.1 Å². The molecule has 0 aliphatic rings. The number of tetrazole rings is 1. The summed E-state index contributed by atoms with van der Waals surface area (Å²) in [6.45, 7) is 1.77. The number of carboxylic acid groups (broad SMARTS) is 1. The topological polar surface area (TPSA) is 93.8 Å². The molecule has 0 saturated heterocycles. The van der Waals surface area contributed by atoms with Crippen molar-refractivity contribution < 1.29 is 9.90 Å². The first-order valence-electron chi connectivity index (χ1n) is 6.21. The second kappa shape index (κ2) is 5.12. The van der Waals surface area contributed by atoms with Crippen LogP contribution in [0, 0.1) is 6.92 Å². The van der Waals surface area contributed by atoms with Gasteiger partial charge in [-0.3, -0.25) is 4.98 Å². The van der Waals surface area contributed by atoms with Crippen LogP contribution < -0.4 is 0 Å². The van der Waals surface area contributed by atoms with E-state index in [1.54, 1.807) is 13.0 Å². The van der Waals surface area contributed by atoms with Crippen molar-refractivity contribution in [2.75, 3.05) is 0 Å². The Balaban J connectivity index is 2.08. The van der Waals surface area contributed by atoms with Gasteiger partial charge in [-0.05, 0) is 18.2 Å². The molecule has 0 radical (unpaired) electrons. The van der Waals surface area contributed by atoms with E-state index in [-0.39, 0.29) is 5.56 Å². The Bertz CT molecular complexity index is 798. The lowest BCUT2D eigenvalue weighted by Gasteiger charge is -2.04. The number of pyridine rings is 1. The van der Waals surface area contributed by atoms with E-state index in [4.69, 9.17) is 0 Å². The number of rotatable bonds is 3. The highest BCUT2D eigenvalue weighted by atomic mass is 16.4. The van der Waals surface area contributed by atoms with Crippen molar-refractivity contribution in [3.05, 3.63) is 53.9 Å². The fourth-order valence-electron chi connectivity index (χ4n) is 1.89. The first kappa shape index (κ1) is 12.9. The van der Waals surface area contributed by atoms with E-state index in [2.05, 4.69) is 20.4 Å². The van der Waals surface area contributed by atoms with Gasteiger partial charge in [0.2, 0.25) is 5.82 Å². The summed E-state index contributed by atoms with van der Waals surface area (Å²) in [6, 6.07) is 11.0. The molecule has 0 spiro atoms. The Morgan fingerprint density at radius 1 is 1.24 bits per heavy atom. The summed E-state index contributed by atoms with van der Waals surface area (Å²) < 4.78 is 0. The number of benzene rings is 1. The number of hydrogen-bond acceptors (Lipinski definition) is 5. The molecular weight excluding hydrogens is 270 g/mol. The summed E-state index contributed by atoms with van der Waals surface area (Å²) in [5.74, 6) is -0.655. The average Bonchev–Trinajstić information content (AvgIpc) is 2.97. The van der Waals surface area contributed by atoms with Gasteiger partial charge < -0.3 is 5.11 Å². The first-order chi connectivity index (χ1) is 10.1. The van der Waals surface area contributed by atoms with E-state index < -0.39 is 5.97 Å². The molecular formula is C14H11N5O2. The van der Waals surface area contributed by atoms with Crippen LogP contribution in [0.5, 0.6) is 0 Å². The molecule has 0 bridgehead atoms. The van der Waals surface area contributed by atoms with E-state index in [1.807, 2.05) is 30.3 Å². The van der Waals surface area contributed by atoms with E-state index in [0.717, 1.165) is 5.56 Å². The fraction of sp³-hybridized carbons (Fsp3) is 0.0714. The van der Waals surface area contributed by atoms with Crippen molar-refractivity contribution in [1.29, 1.82) is 0 Å². The lowest BCUT2D eigenvalue weighted by atomic mass is 10.2. The van der Waals surface area contributed by atoms with Crippen molar-refractivity contribution in [2.24, 2.45) is 0 Å². The molecule has 0 amide bonds. The van der Waals surface area contributed by atoms with Crippen LogP contribution >= 0.6 is 0 Å². The molecule has 104 valence electrons. The quantitative estimate of drug-likeness (QED) is 0.785. The van der Waals surface area contributed by atoms with Gasteiger partial charge in [0.05, 0.1) is 0 Å². The third kappa shape index (κ3) is 2.48. The monoisotopic (exact) mass is 281 g/mol. The van der Waals surface area contributed by atoms with Crippen LogP contribution in [-0.2, 0) is 0 Å². The number of aromatic carboxylic acids is 1. The number of aryl methyl sites for hydroxylation is 1. The molecule has 1 aromatic carbocycles. The van der Waals surface area contributed by atoms with Crippen molar-refractivity contribution >= 4 is 5.97 Å². The zero-order valence-corrected chi connectivity index (χ0v) is 11.1. The van der Waals surface area contributed by atoms with Crippen LogP contribution in [0.4, 0.5) is 0 Å². The second-order valence-corrected chi connectivity index (χ2v) is 4.42. The van der Waals surface area contributed by atoms with Gasteiger partial charge in [0, 0.05) is 17.5 Å². The van der Waals surface area contributed by atoms with E-state index >= 15 is 0 Å². The predicted molar refractivity (Wildman–Crippen MR) is 74.1 cm³/mol. The van der Waals surface area contributed by atoms with Crippen LogP contribution in [-0.4, -0.2) is 36.3 Å². The molecule has 2 heterocycles. The van der Waals surface area contributed by atoms with Gasteiger partial charge in [-0.2, -0.15) is 0 Å². The van der Waals surface area contributed by atoms with E-state index in [1.165, 1.54) is 11.0 Å². The maximum absolute atomic E-state index is 11.3. The zero-order valence-electron chi connectivity index (χ0n) is 11.1. The van der Waals surface area contributed by atoms with Gasteiger partial charge in [-0.15, -0.1) is 15.0 Å². The third-order valence-corrected chi connectivity index (χ3v) is 2.91. The third-order valence-electron chi connectivity index (χ3n) is 2.91. The first-order valence-corrected chi connectivity index (χ1v) is 6.21. The zero-order chi connectivity index (χ0) is 14.8. The summed E-state index contributed by atoms with van der Waals surface area (Å²) in [6.07, 6.45) is 1.29. The number of carbonyl (C=O) groups is 1. The normalized spacial score (nSPS) is 10.5. The minimum atomic E-state index is -1.09. The lowest BCUT2D eigenvalue weighted by molar-refractivity contribution is 0.0696. The SMILES string of the molecule is Cc1cc(-n2nnc(-c3ccccc3)n2)c(C(=O)O)cn1. The molecule has 0 aliphatic carbocycles. The molecule has 7 heteroatoms. The Morgan fingerprint density at radius 3 is 2.71 bits per heavy atom. The Morgan fingerprint density at radius 2 is 2.00 bits per heavy atom. The van der Waals surface area contributed by atoms with E-state index in [0.29, 0.717) is 17.2 Å². The number of nitrogens with zero attached hydrogens (tertiary/aromatic N) is 5. The molecule has 21 heavy (non-hydrogen) atoms. The van der Waals surface area contributed by atoms with Gasteiger partial charge in [0.25, 0.3) is 0 Å². The van der Waals surface area contributed by atoms with Crippen molar-refractivity contribution in [2.45, 2.75) is 6.92 Å². The van der Waals surface area contributed by atoms with Crippen LogP contribution in [0.3, 0.4) is 0 Å². The molecule has 1 N–H and O–H groups in total. The smallest absolute Gasteiger partial charge is 0.339 e. The summed E-state index contributed by atoms with van der Waals surface area (Å²) >= 11 is 0. The highest BCUT2D eigenvalue weighted by molar-refractivity contribution is 5.91. The summed E-state index contributed by atoms with van der Waals surface area (Å²) in [7, 11) is 0. The summed E-state index contributed by atoms with van der Waals surface area (Å²) in [5.41, 5.74) is 1.85. The van der Waals surface area contributed by atoms with Gasteiger partial charge >= 0.3 is 5.97 Å². The second-order valence-electron chi connectivity index (χ2n) is 4.42. The molecule has 0 aliphatic heterocycles. The average molecular weight is 281 g/mol. The maximum Gasteiger partial charge on any atom is 0.339 e. The molecule has 0 fully saturated rings. The Hall–Kier alpha value is -3.09. The molecule has 2 aromatic heterocycles. The standard InChI is InChI=1S/C14H11N5O2/c1-9-7-12(11(8-15-9)14(20)21)19-17-13(16-18-19)10-5-3-2-4-6-10/h2-8H,1H3,(H,20,21). The van der Waals surface area contributed by atoms with Gasteiger partial charge in [-0.1, -0.05) is 30.3 Å². The lowest BCUT2D eigenvalue weighted by Crippen LogP contribution is -2.09. The Labute approximate surface area is 119 Å². The summed E-state index contributed by atoms with van der Waals surface area (Å²) in [5, 5.41) is 21.3. The Kier molecular flexibility index (Phi) is 3.15. The van der Waals surface area contributed by atoms with Crippen LogP contribution in [0.1, 0.15) is 16.1 Å². The highest BCUT2D eigenvalue weighted by Gasteiger charge is 2.16. The molecule has 0 atom stereocenters. The number of aromatic nitrogens is 5. The van der Waals surface area contributed by atoms with Crippen LogP contribution in [0.2, 0.25) is 0 Å². The molecule has 3 aromatic rings. The largest absolute Gasteiger partial charge is 0.478 e. The van der Waals surface area contributed by atoms with Crippen molar-refractivity contribution in [1.82, 2.24) is 25.2 Å². The van der Waals surface area contributed by atoms with Crippen LogP contribution in [0.15, 0.2) is 42.6 Å². The summed E-state index contributed by atoms with van der Waals surface area (Å²) in [4.78, 5) is 16.4. The number of hydrogen-bond donors (Lipinski definition) is 1. The minimum absolute atomic E-state index is 0.0256. The predicted octanol–water partition coefficient (Wildman–Crippen LogP) is 1.73. The number of carboxylic acids is 1. The molecule has 7 nitrogen and oxygen atoms in total. The van der Waals surface area contributed by atoms with Gasteiger partial charge in [0.1, 0.15) is 11.3 Å². The van der Waals surface area contributed by atoms with Crippen molar-refractivity contribution in [3.8, 4) is 17.1 Å². The minimum Gasteiger partial charge on any atom is -0.478 e. The molecule has 0 saturated carbocycles. The van der Waals surface area contributed by atoms with Crippen molar-refractivity contribution in [3.63, 3.8) is 0 Å².